The van der Waals surface area contributed by atoms with Gasteiger partial charge in [0, 0.05) is 12.2 Å². The molecule has 1 fully saturated rings. The van der Waals surface area contributed by atoms with Crippen LogP contribution in [-0.2, 0) is 14.8 Å². The first-order valence-corrected chi connectivity index (χ1v) is 10.3. The van der Waals surface area contributed by atoms with Gasteiger partial charge in [-0.05, 0) is 46.7 Å². The molecule has 1 aromatic heterocycles. The zero-order valence-electron chi connectivity index (χ0n) is 14.8. The van der Waals surface area contributed by atoms with Gasteiger partial charge < -0.3 is 5.32 Å². The van der Waals surface area contributed by atoms with Crippen molar-refractivity contribution in [3.05, 3.63) is 66.5 Å². The first kappa shape index (κ1) is 18.1. The number of nitrogens with zero attached hydrogens (tertiary/aromatic N) is 5. The molecule has 1 amide bonds. The molecule has 1 aliphatic heterocycles. The summed E-state index contributed by atoms with van der Waals surface area (Å²) >= 11 is 0. The third-order valence-electron chi connectivity index (χ3n) is 4.52. The van der Waals surface area contributed by atoms with Crippen LogP contribution >= 0.6 is 0 Å². The van der Waals surface area contributed by atoms with Crippen molar-refractivity contribution in [2.45, 2.75) is 12.5 Å². The number of aromatic nitrogens is 4. The lowest BCUT2D eigenvalue weighted by Gasteiger charge is -2.19. The van der Waals surface area contributed by atoms with Crippen LogP contribution in [0, 0.1) is 0 Å². The molecular weight excluding hydrogens is 380 g/mol. The predicted octanol–water partition coefficient (Wildman–Crippen LogP) is 1.44. The highest BCUT2D eigenvalue weighted by Crippen LogP contribution is 2.26. The SMILES string of the molecule is O=C(Nc1ccc(N2CCCS2(=O)=O)cc1)C(c1ccccc1)n1cnnn1. The number of sulfonamides is 1. The number of anilines is 2. The van der Waals surface area contributed by atoms with E-state index in [4.69, 9.17) is 0 Å². The molecule has 0 spiro atoms. The molecule has 3 aromatic rings. The third kappa shape index (κ3) is 3.58. The topological polar surface area (TPSA) is 110 Å². The van der Waals surface area contributed by atoms with E-state index < -0.39 is 16.1 Å². The second-order valence-corrected chi connectivity index (χ2v) is 8.39. The number of hydrogen-bond donors (Lipinski definition) is 1. The van der Waals surface area contributed by atoms with Gasteiger partial charge in [0.2, 0.25) is 10.0 Å². The van der Waals surface area contributed by atoms with Crippen LogP contribution in [0.1, 0.15) is 18.0 Å². The van der Waals surface area contributed by atoms with Gasteiger partial charge in [0.15, 0.2) is 6.04 Å². The van der Waals surface area contributed by atoms with Crippen LogP contribution in [0.2, 0.25) is 0 Å². The van der Waals surface area contributed by atoms with Crippen molar-refractivity contribution in [1.29, 1.82) is 0 Å². The van der Waals surface area contributed by atoms with Gasteiger partial charge in [-0.25, -0.2) is 13.1 Å². The number of rotatable bonds is 5. The number of tetrazole rings is 1. The fraction of sp³-hybridized carbons (Fsp3) is 0.222. The van der Waals surface area contributed by atoms with Crippen LogP contribution in [0.4, 0.5) is 11.4 Å². The molecule has 1 atom stereocenters. The Kier molecular flexibility index (Phi) is 4.78. The predicted molar refractivity (Wildman–Crippen MR) is 103 cm³/mol. The summed E-state index contributed by atoms with van der Waals surface area (Å²) in [7, 11) is -3.23. The lowest BCUT2D eigenvalue weighted by Crippen LogP contribution is -2.28. The van der Waals surface area contributed by atoms with E-state index in [1.165, 1.54) is 15.3 Å². The van der Waals surface area contributed by atoms with E-state index in [1.807, 2.05) is 30.3 Å². The zero-order valence-corrected chi connectivity index (χ0v) is 15.7. The van der Waals surface area contributed by atoms with Gasteiger partial charge in [-0.3, -0.25) is 9.10 Å². The van der Waals surface area contributed by atoms with Crippen molar-refractivity contribution >= 4 is 27.3 Å². The summed E-state index contributed by atoms with van der Waals surface area (Å²) in [5, 5.41) is 13.9. The minimum Gasteiger partial charge on any atom is -0.324 e. The van der Waals surface area contributed by atoms with Gasteiger partial charge >= 0.3 is 0 Å². The Hall–Kier alpha value is -3.27. The van der Waals surface area contributed by atoms with E-state index in [-0.39, 0.29) is 11.7 Å². The number of hydrogen-bond acceptors (Lipinski definition) is 6. The quantitative estimate of drug-likeness (QED) is 0.696. The average molecular weight is 398 g/mol. The molecule has 9 nitrogen and oxygen atoms in total. The number of amides is 1. The first-order chi connectivity index (χ1) is 13.5. The molecule has 0 radical (unpaired) electrons. The summed E-state index contributed by atoms with van der Waals surface area (Å²) in [6, 6.07) is 15.2. The van der Waals surface area contributed by atoms with Gasteiger partial charge in [0.1, 0.15) is 6.33 Å². The van der Waals surface area contributed by atoms with Crippen LogP contribution in [0.15, 0.2) is 60.9 Å². The Morgan fingerprint density at radius 2 is 1.82 bits per heavy atom. The maximum atomic E-state index is 12.9. The summed E-state index contributed by atoms with van der Waals surface area (Å²) in [5.41, 5.74) is 1.89. The first-order valence-electron chi connectivity index (χ1n) is 8.73. The van der Waals surface area contributed by atoms with Crippen LogP contribution in [0.5, 0.6) is 0 Å². The van der Waals surface area contributed by atoms with Gasteiger partial charge in [0.25, 0.3) is 5.91 Å². The van der Waals surface area contributed by atoms with Crippen molar-refractivity contribution in [1.82, 2.24) is 20.2 Å². The molecule has 0 aliphatic carbocycles. The molecule has 1 aliphatic rings. The Morgan fingerprint density at radius 3 is 2.43 bits per heavy atom. The lowest BCUT2D eigenvalue weighted by molar-refractivity contribution is -0.118. The standard InChI is InChI=1S/C18H18N6O3S/c25-18(17(23-13-19-21-22-23)14-5-2-1-3-6-14)20-15-7-9-16(10-8-15)24-11-4-12-28(24,26)27/h1-3,5-10,13,17H,4,11-12H2,(H,20,25). The summed E-state index contributed by atoms with van der Waals surface area (Å²) in [4.78, 5) is 12.9. The highest BCUT2D eigenvalue weighted by Gasteiger charge is 2.28. The van der Waals surface area contributed by atoms with Crippen LogP contribution < -0.4 is 9.62 Å². The Morgan fingerprint density at radius 1 is 1.07 bits per heavy atom. The Balaban J connectivity index is 1.55. The molecule has 28 heavy (non-hydrogen) atoms. The minimum absolute atomic E-state index is 0.163. The second-order valence-electron chi connectivity index (χ2n) is 6.38. The van der Waals surface area contributed by atoms with Crippen LogP contribution in [-0.4, -0.2) is 46.8 Å². The lowest BCUT2D eigenvalue weighted by atomic mass is 10.1. The summed E-state index contributed by atoms with van der Waals surface area (Å²) in [5.74, 6) is -0.143. The summed E-state index contributed by atoms with van der Waals surface area (Å²) in [6.45, 7) is 0.476. The Labute approximate surface area is 162 Å². The van der Waals surface area contributed by atoms with E-state index in [2.05, 4.69) is 20.8 Å². The van der Waals surface area contributed by atoms with Gasteiger partial charge in [-0.2, -0.15) is 0 Å². The van der Waals surface area contributed by atoms with Gasteiger partial charge in [-0.1, -0.05) is 30.3 Å². The van der Waals surface area contributed by atoms with Crippen LogP contribution in [0.3, 0.4) is 0 Å². The average Bonchev–Trinajstić information content (AvgIpc) is 3.33. The largest absolute Gasteiger partial charge is 0.324 e. The van der Waals surface area contributed by atoms with E-state index >= 15 is 0 Å². The molecule has 10 heteroatoms. The third-order valence-corrected chi connectivity index (χ3v) is 6.38. The normalized spacial score (nSPS) is 16.6. The summed E-state index contributed by atoms with van der Waals surface area (Å²) < 4.78 is 26.9. The molecule has 0 saturated carbocycles. The van der Waals surface area contributed by atoms with Crippen molar-refractivity contribution in [2.75, 3.05) is 21.9 Å². The van der Waals surface area contributed by atoms with E-state index in [0.717, 1.165) is 5.56 Å². The molecule has 1 N–H and O–H groups in total. The fourth-order valence-electron chi connectivity index (χ4n) is 3.20. The summed E-state index contributed by atoms with van der Waals surface area (Å²) in [6.07, 6.45) is 2.00. The molecular formula is C18H18N6O3S. The number of carbonyl (C=O) groups is 1. The monoisotopic (exact) mass is 398 g/mol. The van der Waals surface area contributed by atoms with Crippen LogP contribution in [0.25, 0.3) is 0 Å². The number of nitrogens with one attached hydrogen (secondary N) is 1. The molecule has 0 bridgehead atoms. The molecule has 2 aromatic carbocycles. The molecule has 2 heterocycles. The smallest absolute Gasteiger partial charge is 0.253 e. The number of benzene rings is 2. The van der Waals surface area contributed by atoms with Gasteiger partial charge in [-0.15, -0.1) is 5.10 Å². The maximum Gasteiger partial charge on any atom is 0.253 e. The maximum absolute atomic E-state index is 12.9. The van der Waals surface area contributed by atoms with Crippen molar-refractivity contribution in [3.8, 4) is 0 Å². The van der Waals surface area contributed by atoms with Crippen molar-refractivity contribution < 1.29 is 13.2 Å². The zero-order chi connectivity index (χ0) is 19.6. The molecule has 1 saturated heterocycles. The highest BCUT2D eigenvalue weighted by atomic mass is 32.2. The van der Waals surface area contributed by atoms with Crippen molar-refractivity contribution in [3.63, 3.8) is 0 Å². The van der Waals surface area contributed by atoms with E-state index in [1.54, 1.807) is 24.3 Å². The fourth-order valence-corrected chi connectivity index (χ4v) is 4.76. The van der Waals surface area contributed by atoms with E-state index in [9.17, 15) is 13.2 Å². The van der Waals surface area contributed by atoms with E-state index in [0.29, 0.717) is 24.3 Å². The minimum atomic E-state index is -3.23. The Bertz CT molecular complexity index is 1050. The molecule has 1 unspecified atom stereocenters. The second kappa shape index (κ2) is 7.39. The number of carbonyl (C=O) groups excluding carboxylic acids is 1. The molecule has 4 rings (SSSR count). The molecule has 144 valence electrons. The van der Waals surface area contributed by atoms with Gasteiger partial charge in [0.05, 0.1) is 11.4 Å². The van der Waals surface area contributed by atoms with Crippen molar-refractivity contribution in [2.24, 2.45) is 0 Å². The highest BCUT2D eigenvalue weighted by molar-refractivity contribution is 7.93.